The molecule has 0 aliphatic rings. The number of aromatic nitrogens is 4. The fraction of sp³-hybridized carbons (Fsp3) is 0.400. The maximum Gasteiger partial charge on any atom is 0.348 e. The highest BCUT2D eigenvalue weighted by atomic mass is 16.2. The van der Waals surface area contributed by atoms with E-state index in [0.29, 0.717) is 31.7 Å². The van der Waals surface area contributed by atoms with Crippen LogP contribution >= 0.6 is 0 Å². The second kappa shape index (κ2) is 8.16. The lowest BCUT2D eigenvalue weighted by molar-refractivity contribution is -0.121. The molecule has 3 aromatic rings. The molecule has 0 saturated carbocycles. The highest BCUT2D eigenvalue weighted by Crippen LogP contribution is 2.16. The third-order valence-electron chi connectivity index (χ3n) is 4.62. The number of amides is 1. The number of nitrogens with zero attached hydrogens (tertiary/aromatic N) is 4. The van der Waals surface area contributed by atoms with Gasteiger partial charge in [0.05, 0.1) is 11.0 Å². The molecule has 0 unspecified atom stereocenters. The minimum Gasteiger partial charge on any atom is -0.354 e. The van der Waals surface area contributed by atoms with E-state index in [9.17, 15) is 9.59 Å². The van der Waals surface area contributed by atoms with E-state index in [1.165, 1.54) is 0 Å². The fourth-order valence-electron chi connectivity index (χ4n) is 3.30. The van der Waals surface area contributed by atoms with Crippen LogP contribution in [0.4, 0.5) is 0 Å². The molecule has 1 aromatic carbocycles. The van der Waals surface area contributed by atoms with Crippen LogP contribution in [0.25, 0.3) is 11.0 Å². The molecule has 0 spiro atoms. The van der Waals surface area contributed by atoms with Gasteiger partial charge in [-0.05, 0) is 32.0 Å². The van der Waals surface area contributed by atoms with Gasteiger partial charge >= 0.3 is 5.69 Å². The molecule has 2 aromatic heterocycles. The molecule has 0 saturated heterocycles. The molecular weight excluding hydrogens is 342 g/mol. The van der Waals surface area contributed by atoms with E-state index in [2.05, 4.69) is 26.8 Å². The van der Waals surface area contributed by atoms with Crippen molar-refractivity contribution in [1.82, 2.24) is 24.4 Å². The Hall–Kier alpha value is -2.96. The Kier molecular flexibility index (Phi) is 5.69. The lowest BCUT2D eigenvalue weighted by atomic mass is 10.3. The summed E-state index contributed by atoms with van der Waals surface area (Å²) in [6, 6.07) is 9.82. The highest BCUT2D eigenvalue weighted by Gasteiger charge is 2.10. The summed E-state index contributed by atoms with van der Waals surface area (Å²) in [5.74, 6) is 0.942. The van der Waals surface area contributed by atoms with Gasteiger partial charge in [0.15, 0.2) is 0 Å². The summed E-state index contributed by atoms with van der Waals surface area (Å²) < 4.78 is 3.68. The molecule has 27 heavy (non-hydrogen) atoms. The van der Waals surface area contributed by atoms with Crippen molar-refractivity contribution >= 4 is 16.9 Å². The van der Waals surface area contributed by atoms with Gasteiger partial charge in [-0.15, -0.1) is 0 Å². The Labute approximate surface area is 158 Å². The van der Waals surface area contributed by atoms with Crippen LogP contribution in [-0.4, -0.2) is 31.6 Å². The van der Waals surface area contributed by atoms with Crippen molar-refractivity contribution < 1.29 is 4.79 Å². The molecule has 3 rings (SSSR count). The molecule has 0 aliphatic carbocycles. The fourth-order valence-corrected chi connectivity index (χ4v) is 3.30. The first kappa shape index (κ1) is 18.8. The van der Waals surface area contributed by atoms with Crippen LogP contribution < -0.4 is 11.0 Å². The summed E-state index contributed by atoms with van der Waals surface area (Å²) in [5, 5.41) is 2.89. The molecule has 0 fully saturated rings. The van der Waals surface area contributed by atoms with E-state index < -0.39 is 0 Å². The van der Waals surface area contributed by atoms with E-state index in [1.807, 2.05) is 37.3 Å². The first-order chi connectivity index (χ1) is 13.0. The summed E-state index contributed by atoms with van der Waals surface area (Å²) in [4.78, 5) is 32.7. The van der Waals surface area contributed by atoms with Crippen LogP contribution in [0.5, 0.6) is 0 Å². The van der Waals surface area contributed by atoms with Gasteiger partial charge in [0.1, 0.15) is 5.82 Å². The molecule has 2 heterocycles. The molecule has 7 heteroatoms. The van der Waals surface area contributed by atoms with Crippen LogP contribution in [-0.2, 0) is 24.3 Å². The maximum atomic E-state index is 12.2. The topological polar surface area (TPSA) is 81.8 Å². The van der Waals surface area contributed by atoms with Crippen LogP contribution in [0.2, 0.25) is 0 Å². The lowest BCUT2D eigenvalue weighted by Crippen LogP contribution is -2.33. The van der Waals surface area contributed by atoms with E-state index in [1.54, 1.807) is 11.5 Å². The summed E-state index contributed by atoms with van der Waals surface area (Å²) in [5.41, 5.74) is 3.28. The predicted octanol–water partition coefficient (Wildman–Crippen LogP) is 1.98. The standard InChI is InChI=1S/C20H25N5O2/c1-4-18-23-16-7-5-6-8-17(16)25(18)11-9-19(26)21-10-12-24-15(3)13-14(2)22-20(24)27/h5-8,13H,4,9-12H2,1-3H3,(H,21,26). The predicted molar refractivity (Wildman–Crippen MR) is 105 cm³/mol. The molecule has 0 radical (unpaired) electrons. The molecule has 1 amide bonds. The summed E-state index contributed by atoms with van der Waals surface area (Å²) >= 11 is 0. The van der Waals surface area contributed by atoms with Gasteiger partial charge in [-0.1, -0.05) is 19.1 Å². The average molecular weight is 367 g/mol. The number of benzene rings is 1. The largest absolute Gasteiger partial charge is 0.354 e. The number of carbonyl (C=O) groups is 1. The Bertz CT molecular complexity index is 1020. The minimum atomic E-state index is -0.278. The summed E-state index contributed by atoms with van der Waals surface area (Å²) in [7, 11) is 0. The molecule has 1 N–H and O–H groups in total. The Morgan fingerprint density at radius 2 is 1.89 bits per heavy atom. The van der Waals surface area contributed by atoms with E-state index >= 15 is 0 Å². The second-order valence-electron chi connectivity index (χ2n) is 6.60. The van der Waals surface area contributed by atoms with Crippen molar-refractivity contribution in [3.63, 3.8) is 0 Å². The number of imidazole rings is 1. The number of nitrogens with one attached hydrogen (secondary N) is 1. The minimum absolute atomic E-state index is 0.0411. The first-order valence-electron chi connectivity index (χ1n) is 9.25. The van der Waals surface area contributed by atoms with Gasteiger partial charge in [0, 0.05) is 43.9 Å². The SMILES string of the molecule is CCc1nc2ccccc2n1CCC(=O)NCCn1c(C)cc(C)nc1=O. The number of hydrogen-bond acceptors (Lipinski definition) is 4. The lowest BCUT2D eigenvalue weighted by Gasteiger charge is -2.11. The van der Waals surface area contributed by atoms with Gasteiger partial charge in [0.25, 0.3) is 0 Å². The molecule has 0 atom stereocenters. The molecule has 0 bridgehead atoms. The molecule has 0 aliphatic heterocycles. The van der Waals surface area contributed by atoms with Crippen molar-refractivity contribution in [2.45, 2.75) is 46.7 Å². The Morgan fingerprint density at radius 1 is 1.11 bits per heavy atom. The molecule has 7 nitrogen and oxygen atoms in total. The van der Waals surface area contributed by atoms with Crippen LogP contribution in [0.3, 0.4) is 0 Å². The van der Waals surface area contributed by atoms with Gasteiger partial charge < -0.3 is 9.88 Å². The number of fused-ring (bicyclic) bond motifs is 1. The van der Waals surface area contributed by atoms with Gasteiger partial charge in [-0.25, -0.2) is 9.78 Å². The van der Waals surface area contributed by atoms with Gasteiger partial charge in [-0.3, -0.25) is 9.36 Å². The smallest absolute Gasteiger partial charge is 0.348 e. The van der Waals surface area contributed by atoms with Crippen molar-refractivity contribution in [2.24, 2.45) is 0 Å². The van der Waals surface area contributed by atoms with Crippen LogP contribution in [0.15, 0.2) is 35.1 Å². The number of hydrogen-bond donors (Lipinski definition) is 1. The number of aryl methyl sites for hydroxylation is 4. The van der Waals surface area contributed by atoms with Crippen LogP contribution in [0.1, 0.15) is 30.6 Å². The van der Waals surface area contributed by atoms with Crippen molar-refractivity contribution in [1.29, 1.82) is 0 Å². The van der Waals surface area contributed by atoms with Crippen LogP contribution in [0, 0.1) is 13.8 Å². The Morgan fingerprint density at radius 3 is 2.63 bits per heavy atom. The first-order valence-corrected chi connectivity index (χ1v) is 9.25. The monoisotopic (exact) mass is 367 g/mol. The summed E-state index contributed by atoms with van der Waals surface area (Å²) in [6.45, 7) is 7.13. The third kappa shape index (κ3) is 4.24. The van der Waals surface area contributed by atoms with Gasteiger partial charge in [0.2, 0.25) is 5.91 Å². The maximum absolute atomic E-state index is 12.2. The molecular formula is C20H25N5O2. The average Bonchev–Trinajstić information content (AvgIpc) is 3.00. The van der Waals surface area contributed by atoms with E-state index in [4.69, 9.17) is 0 Å². The Balaban J connectivity index is 1.57. The molecule has 142 valence electrons. The zero-order valence-electron chi connectivity index (χ0n) is 16.0. The normalized spacial score (nSPS) is 11.1. The van der Waals surface area contributed by atoms with Gasteiger partial charge in [-0.2, -0.15) is 4.98 Å². The number of carbonyl (C=O) groups excluding carboxylic acids is 1. The zero-order valence-corrected chi connectivity index (χ0v) is 16.0. The second-order valence-corrected chi connectivity index (χ2v) is 6.60. The number of para-hydroxylation sites is 2. The van der Waals surface area contributed by atoms with Crippen molar-refractivity contribution in [3.05, 3.63) is 58.0 Å². The van der Waals surface area contributed by atoms with Crippen molar-refractivity contribution in [2.75, 3.05) is 6.54 Å². The quantitative estimate of drug-likeness (QED) is 0.692. The summed E-state index contributed by atoms with van der Waals surface area (Å²) in [6.07, 6.45) is 1.19. The number of rotatable bonds is 7. The highest BCUT2D eigenvalue weighted by molar-refractivity contribution is 5.78. The van der Waals surface area contributed by atoms with E-state index in [-0.39, 0.29) is 11.6 Å². The zero-order chi connectivity index (χ0) is 19.4. The van der Waals surface area contributed by atoms with E-state index in [0.717, 1.165) is 29.0 Å². The third-order valence-corrected chi connectivity index (χ3v) is 4.62. The van der Waals surface area contributed by atoms with Crippen molar-refractivity contribution in [3.8, 4) is 0 Å².